The maximum Gasteiger partial charge on any atom is 0.310 e. The van der Waals surface area contributed by atoms with Gasteiger partial charge < -0.3 is 10.2 Å². The minimum absolute atomic E-state index is 0. The van der Waals surface area contributed by atoms with Crippen molar-refractivity contribution in [2.75, 3.05) is 0 Å². The molecule has 0 spiro atoms. The molecule has 0 aromatic heterocycles. The van der Waals surface area contributed by atoms with Gasteiger partial charge in [0.05, 0.1) is 11.8 Å². The van der Waals surface area contributed by atoms with Crippen LogP contribution in [0.2, 0.25) is 0 Å². The molecule has 0 fully saturated rings. The molecule has 4 rings (SSSR count). The number of benzene rings is 4. The first-order valence-corrected chi connectivity index (χ1v) is 12.0. The summed E-state index contributed by atoms with van der Waals surface area (Å²) in [6.07, 6.45) is 0. The number of rotatable bonds is 8. The average Bonchev–Trinajstić information content (AvgIpc) is 2.96. The fourth-order valence-electron chi connectivity index (χ4n) is 3.70. The Hall–Kier alpha value is -4.10. The molecule has 7 heteroatoms. The van der Waals surface area contributed by atoms with Gasteiger partial charge in [0.15, 0.2) is 11.6 Å². The van der Waals surface area contributed by atoms with Gasteiger partial charge in [-0.2, -0.15) is 0 Å². The predicted octanol–water partition coefficient (Wildman–Crippen LogP) is 6.21. The van der Waals surface area contributed by atoms with Crippen LogP contribution in [0.5, 0.6) is 0 Å². The number of aliphatic carboxylic acids is 2. The minimum Gasteiger partial charge on any atom is -0.481 e. The van der Waals surface area contributed by atoms with Crippen molar-refractivity contribution in [3.05, 3.63) is 143 Å². The molecule has 0 bridgehead atoms. The molecular weight excluding hydrogens is 588 g/mol. The van der Waals surface area contributed by atoms with Gasteiger partial charge in [-0.15, -0.1) is 0 Å². The molecule has 0 aliphatic heterocycles. The van der Waals surface area contributed by atoms with Crippen LogP contribution in [-0.4, -0.2) is 33.7 Å². The zero-order valence-corrected chi connectivity index (χ0v) is 22.9. The molecule has 39 heavy (non-hydrogen) atoms. The van der Waals surface area contributed by atoms with Gasteiger partial charge in [-0.3, -0.25) is 19.2 Å². The van der Waals surface area contributed by atoms with Gasteiger partial charge in [-0.05, 0) is 37.1 Å². The van der Waals surface area contributed by atoms with E-state index in [9.17, 15) is 19.2 Å². The van der Waals surface area contributed by atoms with Gasteiger partial charge in [0, 0.05) is 44.6 Å². The van der Waals surface area contributed by atoms with Crippen molar-refractivity contribution in [2.45, 2.75) is 25.7 Å². The zero-order chi connectivity index (χ0) is 27.7. The number of carboxylic acids is 2. The summed E-state index contributed by atoms with van der Waals surface area (Å²) in [6.45, 7) is 3.21. The van der Waals surface area contributed by atoms with Crippen LogP contribution < -0.4 is 0 Å². The third-order valence-electron chi connectivity index (χ3n) is 6.11. The molecule has 0 aliphatic carbocycles. The summed E-state index contributed by atoms with van der Waals surface area (Å²) in [4.78, 5) is 46.4. The number of hydrogen-bond acceptors (Lipinski definition) is 4. The summed E-state index contributed by atoms with van der Waals surface area (Å²) in [5, 5.41) is 18.0. The van der Waals surface area contributed by atoms with Crippen molar-refractivity contribution >= 4 is 23.5 Å². The Balaban J connectivity index is 0.000000267. The SMILES string of the molecule is CC(C(=O)O)c1cccc(C(=O)c2ccccc2)c1.CC(C(=O)O)c1cccc(C(=O)c2ccccc2)c1.[Ag]. The van der Waals surface area contributed by atoms with Gasteiger partial charge in [-0.1, -0.05) is 97.1 Å². The van der Waals surface area contributed by atoms with E-state index >= 15 is 0 Å². The second-order valence-electron chi connectivity index (χ2n) is 8.76. The normalized spacial score (nSPS) is 11.5. The summed E-state index contributed by atoms with van der Waals surface area (Å²) < 4.78 is 0. The van der Waals surface area contributed by atoms with Crippen LogP contribution in [-0.2, 0) is 32.0 Å². The third-order valence-corrected chi connectivity index (χ3v) is 6.11. The Kier molecular flexibility index (Phi) is 11.8. The van der Waals surface area contributed by atoms with Crippen molar-refractivity contribution < 1.29 is 51.8 Å². The van der Waals surface area contributed by atoms with Gasteiger partial charge in [0.1, 0.15) is 0 Å². The number of carboxylic acid groups (broad SMARTS) is 2. The molecule has 0 heterocycles. The second kappa shape index (κ2) is 14.7. The molecule has 0 aliphatic rings. The van der Waals surface area contributed by atoms with E-state index in [-0.39, 0.29) is 33.9 Å². The van der Waals surface area contributed by atoms with E-state index in [1.807, 2.05) is 12.1 Å². The molecule has 4 aromatic rings. The van der Waals surface area contributed by atoms with E-state index in [1.54, 1.807) is 111 Å². The summed E-state index contributed by atoms with van der Waals surface area (Å²) in [6, 6.07) is 31.5. The fraction of sp³-hybridized carbons (Fsp3) is 0.125. The molecule has 2 unspecified atom stereocenters. The summed E-state index contributed by atoms with van der Waals surface area (Å²) in [5.41, 5.74) is 3.49. The third kappa shape index (κ3) is 8.45. The number of hydrogen-bond donors (Lipinski definition) is 2. The first-order chi connectivity index (χ1) is 18.2. The summed E-state index contributed by atoms with van der Waals surface area (Å²) in [5.74, 6) is -3.24. The van der Waals surface area contributed by atoms with E-state index in [0.717, 1.165) is 0 Å². The minimum atomic E-state index is -0.899. The van der Waals surface area contributed by atoms with Crippen LogP contribution in [0.4, 0.5) is 0 Å². The van der Waals surface area contributed by atoms with E-state index in [4.69, 9.17) is 10.2 Å². The predicted molar refractivity (Wildman–Crippen MR) is 145 cm³/mol. The van der Waals surface area contributed by atoms with Crippen LogP contribution in [0.3, 0.4) is 0 Å². The first kappa shape index (κ1) is 31.1. The van der Waals surface area contributed by atoms with Gasteiger partial charge in [0.25, 0.3) is 0 Å². The van der Waals surface area contributed by atoms with Crippen LogP contribution in [0.15, 0.2) is 109 Å². The number of ketones is 2. The maximum absolute atomic E-state index is 12.2. The maximum atomic E-state index is 12.2. The molecule has 1 radical (unpaired) electrons. The zero-order valence-electron chi connectivity index (χ0n) is 21.4. The summed E-state index contributed by atoms with van der Waals surface area (Å²) in [7, 11) is 0. The van der Waals surface area contributed by atoms with Gasteiger partial charge in [0.2, 0.25) is 0 Å². The monoisotopic (exact) mass is 615 g/mol. The Morgan fingerprint density at radius 2 is 0.795 bits per heavy atom. The van der Waals surface area contributed by atoms with E-state index in [2.05, 4.69) is 0 Å². The average molecular weight is 616 g/mol. The van der Waals surface area contributed by atoms with Crippen LogP contribution >= 0.6 is 0 Å². The standard InChI is InChI=1S/2C16H14O3.Ag/c2*1-11(16(18)19)13-8-5-9-14(10-13)15(17)12-6-3-2-4-7-12;/h2*2-11H,1H3,(H,18,19);. The van der Waals surface area contributed by atoms with E-state index in [1.165, 1.54) is 0 Å². The second-order valence-corrected chi connectivity index (χ2v) is 8.76. The number of carbonyl (C=O) groups excluding carboxylic acids is 2. The quantitative estimate of drug-likeness (QED) is 0.180. The van der Waals surface area contributed by atoms with Crippen molar-refractivity contribution in [3.63, 3.8) is 0 Å². The number of carbonyl (C=O) groups is 4. The molecule has 4 aromatic carbocycles. The Morgan fingerprint density at radius 3 is 1.10 bits per heavy atom. The first-order valence-electron chi connectivity index (χ1n) is 12.0. The van der Waals surface area contributed by atoms with Crippen LogP contribution in [0.1, 0.15) is 68.7 Å². The topological polar surface area (TPSA) is 109 Å². The van der Waals surface area contributed by atoms with E-state index in [0.29, 0.717) is 33.4 Å². The van der Waals surface area contributed by atoms with Crippen molar-refractivity contribution in [1.29, 1.82) is 0 Å². The van der Waals surface area contributed by atoms with Crippen LogP contribution in [0, 0.1) is 0 Å². The smallest absolute Gasteiger partial charge is 0.310 e. The van der Waals surface area contributed by atoms with E-state index < -0.39 is 23.8 Å². The van der Waals surface area contributed by atoms with Crippen molar-refractivity contribution in [2.24, 2.45) is 0 Å². The molecule has 203 valence electrons. The molecule has 0 saturated heterocycles. The fourth-order valence-corrected chi connectivity index (χ4v) is 3.70. The Bertz CT molecular complexity index is 1320. The molecule has 0 saturated carbocycles. The Labute approximate surface area is 242 Å². The molecule has 6 nitrogen and oxygen atoms in total. The molecule has 0 amide bonds. The molecule has 2 N–H and O–H groups in total. The van der Waals surface area contributed by atoms with Gasteiger partial charge in [-0.25, -0.2) is 0 Å². The molecule has 2 atom stereocenters. The summed E-state index contributed by atoms with van der Waals surface area (Å²) >= 11 is 0. The van der Waals surface area contributed by atoms with Crippen molar-refractivity contribution in [3.8, 4) is 0 Å². The van der Waals surface area contributed by atoms with Crippen molar-refractivity contribution in [1.82, 2.24) is 0 Å². The van der Waals surface area contributed by atoms with Gasteiger partial charge >= 0.3 is 11.9 Å². The molecular formula is C32H28AgO6. The Morgan fingerprint density at radius 1 is 0.487 bits per heavy atom. The van der Waals surface area contributed by atoms with Crippen LogP contribution in [0.25, 0.3) is 0 Å². The largest absolute Gasteiger partial charge is 0.481 e.